The van der Waals surface area contributed by atoms with E-state index in [1.807, 2.05) is 54.6 Å². The molecule has 0 spiro atoms. The van der Waals surface area contributed by atoms with Crippen LogP contribution < -0.4 is 4.74 Å². The summed E-state index contributed by atoms with van der Waals surface area (Å²) in [5, 5.41) is 0. The highest BCUT2D eigenvalue weighted by molar-refractivity contribution is 5.26. The molecule has 0 fully saturated rings. The van der Waals surface area contributed by atoms with E-state index >= 15 is 0 Å². The van der Waals surface area contributed by atoms with Gasteiger partial charge in [0.15, 0.2) is 0 Å². The molecule has 0 unspecified atom stereocenters. The molecular formula is C19H22O3. The monoisotopic (exact) mass is 298 g/mol. The Bertz CT molecular complexity index is 547. The third kappa shape index (κ3) is 6.12. The topological polar surface area (TPSA) is 27.7 Å². The second kappa shape index (κ2) is 9.77. The molecule has 3 heteroatoms. The van der Waals surface area contributed by atoms with Crippen molar-refractivity contribution in [1.82, 2.24) is 0 Å². The van der Waals surface area contributed by atoms with Crippen molar-refractivity contribution in [2.45, 2.75) is 13.2 Å². The van der Waals surface area contributed by atoms with E-state index in [4.69, 9.17) is 14.2 Å². The smallest absolute Gasteiger partial charge is 0.118 e. The van der Waals surface area contributed by atoms with Gasteiger partial charge < -0.3 is 14.2 Å². The number of methoxy groups -OCH3 is 1. The van der Waals surface area contributed by atoms with Crippen LogP contribution in [0.5, 0.6) is 5.75 Å². The maximum atomic E-state index is 5.57. The van der Waals surface area contributed by atoms with Crippen molar-refractivity contribution >= 4 is 0 Å². The van der Waals surface area contributed by atoms with Gasteiger partial charge in [0.05, 0.1) is 33.5 Å². The van der Waals surface area contributed by atoms with Crippen molar-refractivity contribution in [1.29, 1.82) is 0 Å². The molecule has 0 atom stereocenters. The maximum absolute atomic E-state index is 5.57. The van der Waals surface area contributed by atoms with E-state index in [1.165, 1.54) is 5.56 Å². The van der Waals surface area contributed by atoms with E-state index in [0.717, 1.165) is 11.3 Å². The van der Waals surface area contributed by atoms with Gasteiger partial charge in [-0.3, -0.25) is 0 Å². The Morgan fingerprint density at radius 2 is 1.27 bits per heavy atom. The maximum Gasteiger partial charge on any atom is 0.118 e. The first kappa shape index (κ1) is 16.3. The fourth-order valence-electron chi connectivity index (χ4n) is 1.92. The molecule has 0 N–H and O–H groups in total. The summed E-state index contributed by atoms with van der Waals surface area (Å²) in [5.74, 6) is 0.860. The third-order valence-electron chi connectivity index (χ3n) is 3.13. The van der Waals surface area contributed by atoms with Crippen molar-refractivity contribution in [3.8, 4) is 5.75 Å². The van der Waals surface area contributed by atoms with E-state index in [1.54, 1.807) is 7.11 Å². The Kier molecular flexibility index (Phi) is 7.22. The highest BCUT2D eigenvalue weighted by atomic mass is 16.5. The molecule has 2 aromatic carbocycles. The predicted octanol–water partition coefficient (Wildman–Crippen LogP) is 3.98. The van der Waals surface area contributed by atoms with E-state index in [-0.39, 0.29) is 0 Å². The van der Waals surface area contributed by atoms with Gasteiger partial charge in [0.25, 0.3) is 0 Å². The van der Waals surface area contributed by atoms with Crippen LogP contribution >= 0.6 is 0 Å². The lowest BCUT2D eigenvalue weighted by Crippen LogP contribution is -1.95. The van der Waals surface area contributed by atoms with E-state index in [0.29, 0.717) is 26.4 Å². The molecular weight excluding hydrogens is 276 g/mol. The van der Waals surface area contributed by atoms with Crippen LogP contribution in [0.15, 0.2) is 66.7 Å². The van der Waals surface area contributed by atoms with E-state index in [9.17, 15) is 0 Å². The predicted molar refractivity (Wildman–Crippen MR) is 87.9 cm³/mol. The van der Waals surface area contributed by atoms with Crippen molar-refractivity contribution in [2.24, 2.45) is 0 Å². The SMILES string of the molecule is COc1ccc(COC/C=C/COCc2ccccc2)cc1. The molecule has 0 aliphatic carbocycles. The summed E-state index contributed by atoms with van der Waals surface area (Å²) in [7, 11) is 1.66. The summed E-state index contributed by atoms with van der Waals surface area (Å²) in [5.41, 5.74) is 2.32. The van der Waals surface area contributed by atoms with Crippen LogP contribution in [0, 0.1) is 0 Å². The molecule has 0 aromatic heterocycles. The van der Waals surface area contributed by atoms with Crippen LogP contribution in [-0.4, -0.2) is 20.3 Å². The zero-order valence-electron chi connectivity index (χ0n) is 12.9. The molecule has 0 saturated heterocycles. The zero-order valence-corrected chi connectivity index (χ0v) is 12.9. The molecule has 0 bridgehead atoms. The summed E-state index contributed by atoms with van der Waals surface area (Å²) in [6.45, 7) is 2.42. The Hall–Kier alpha value is -2.10. The first-order chi connectivity index (χ1) is 10.9. The van der Waals surface area contributed by atoms with Crippen LogP contribution in [0.1, 0.15) is 11.1 Å². The Morgan fingerprint density at radius 3 is 1.82 bits per heavy atom. The minimum Gasteiger partial charge on any atom is -0.497 e. The molecule has 22 heavy (non-hydrogen) atoms. The number of ether oxygens (including phenoxy) is 3. The third-order valence-corrected chi connectivity index (χ3v) is 3.13. The quantitative estimate of drug-likeness (QED) is 0.517. The summed E-state index contributed by atoms with van der Waals surface area (Å²) in [4.78, 5) is 0. The molecule has 2 rings (SSSR count). The lowest BCUT2D eigenvalue weighted by molar-refractivity contribution is 0.140. The second-order valence-electron chi connectivity index (χ2n) is 4.84. The lowest BCUT2D eigenvalue weighted by Gasteiger charge is -2.04. The molecule has 0 amide bonds. The summed E-state index contributed by atoms with van der Waals surface area (Å²) < 4.78 is 16.2. The lowest BCUT2D eigenvalue weighted by atomic mass is 10.2. The molecule has 3 nitrogen and oxygen atoms in total. The number of hydrogen-bond acceptors (Lipinski definition) is 3. The van der Waals surface area contributed by atoms with Gasteiger partial charge in [-0.15, -0.1) is 0 Å². The van der Waals surface area contributed by atoms with Gasteiger partial charge in [-0.05, 0) is 23.3 Å². The van der Waals surface area contributed by atoms with E-state index < -0.39 is 0 Å². The Labute approximate surface area is 132 Å². The highest BCUT2D eigenvalue weighted by Gasteiger charge is 1.94. The van der Waals surface area contributed by atoms with Gasteiger partial charge in [0.1, 0.15) is 5.75 Å². The van der Waals surface area contributed by atoms with Crippen molar-refractivity contribution in [3.05, 3.63) is 77.9 Å². The molecule has 2 aromatic rings. The van der Waals surface area contributed by atoms with E-state index in [2.05, 4.69) is 12.1 Å². The largest absolute Gasteiger partial charge is 0.497 e. The van der Waals surface area contributed by atoms with Crippen molar-refractivity contribution in [3.63, 3.8) is 0 Å². The van der Waals surface area contributed by atoms with Crippen LogP contribution in [0.2, 0.25) is 0 Å². The molecule has 0 aliphatic rings. The average Bonchev–Trinajstić information content (AvgIpc) is 2.59. The van der Waals surface area contributed by atoms with Crippen LogP contribution in [-0.2, 0) is 22.7 Å². The van der Waals surface area contributed by atoms with Gasteiger partial charge in [0.2, 0.25) is 0 Å². The standard InChI is InChI=1S/C19H22O3/c1-20-19-11-9-18(10-12-19)16-22-14-6-5-13-21-15-17-7-3-2-4-8-17/h2-12H,13-16H2,1H3/b6-5+. The van der Waals surface area contributed by atoms with Crippen LogP contribution in [0.25, 0.3) is 0 Å². The van der Waals surface area contributed by atoms with Crippen molar-refractivity contribution in [2.75, 3.05) is 20.3 Å². The van der Waals surface area contributed by atoms with Gasteiger partial charge in [0, 0.05) is 0 Å². The van der Waals surface area contributed by atoms with Gasteiger partial charge in [-0.2, -0.15) is 0 Å². The minimum atomic E-state index is 0.584. The first-order valence-corrected chi connectivity index (χ1v) is 7.36. The zero-order chi connectivity index (χ0) is 15.5. The second-order valence-corrected chi connectivity index (χ2v) is 4.84. The van der Waals surface area contributed by atoms with Gasteiger partial charge in [-0.25, -0.2) is 0 Å². The highest BCUT2D eigenvalue weighted by Crippen LogP contribution is 2.11. The fourth-order valence-corrected chi connectivity index (χ4v) is 1.92. The molecule has 0 heterocycles. The molecule has 0 aliphatic heterocycles. The van der Waals surface area contributed by atoms with Gasteiger partial charge >= 0.3 is 0 Å². The Balaban J connectivity index is 1.54. The summed E-state index contributed by atoms with van der Waals surface area (Å²) in [6.07, 6.45) is 3.96. The first-order valence-electron chi connectivity index (χ1n) is 7.36. The molecule has 0 radical (unpaired) electrons. The normalized spacial score (nSPS) is 11.0. The number of benzene rings is 2. The summed E-state index contributed by atoms with van der Waals surface area (Å²) in [6, 6.07) is 18.0. The average molecular weight is 298 g/mol. The van der Waals surface area contributed by atoms with Crippen LogP contribution in [0.4, 0.5) is 0 Å². The molecule has 116 valence electrons. The molecule has 0 saturated carbocycles. The van der Waals surface area contributed by atoms with Crippen molar-refractivity contribution < 1.29 is 14.2 Å². The summed E-state index contributed by atoms with van der Waals surface area (Å²) >= 11 is 0. The Morgan fingerprint density at radius 1 is 0.727 bits per heavy atom. The minimum absolute atomic E-state index is 0.584. The number of rotatable bonds is 9. The number of hydrogen-bond donors (Lipinski definition) is 0. The fraction of sp³-hybridized carbons (Fsp3) is 0.263. The van der Waals surface area contributed by atoms with Crippen LogP contribution in [0.3, 0.4) is 0 Å². The van der Waals surface area contributed by atoms with Gasteiger partial charge in [-0.1, -0.05) is 54.6 Å².